The predicted octanol–water partition coefficient (Wildman–Crippen LogP) is 1.27. The number of aromatic amines is 1. The number of nitrogens with two attached hydrogens (primary N) is 1. The highest BCUT2D eigenvalue weighted by Crippen LogP contribution is 2.52. The Balaban J connectivity index is 2.25. The molecule has 0 aromatic carbocycles. The molecule has 112 valence electrons. The van der Waals surface area contributed by atoms with Gasteiger partial charge < -0.3 is 15.4 Å². The zero-order valence-corrected chi connectivity index (χ0v) is 12.7. The Morgan fingerprint density at radius 1 is 1.62 bits per heavy atom. The Morgan fingerprint density at radius 2 is 2.38 bits per heavy atom. The average Bonchev–Trinajstić information content (AvgIpc) is 2.86. The highest BCUT2D eigenvalue weighted by Gasteiger charge is 2.52. The first-order chi connectivity index (χ1) is 10.0. The summed E-state index contributed by atoms with van der Waals surface area (Å²) in [5.41, 5.74) is 8.29. The van der Waals surface area contributed by atoms with Gasteiger partial charge in [-0.05, 0) is 32.4 Å². The number of rotatable bonds is 1. The second-order valence-corrected chi connectivity index (χ2v) is 6.07. The molecule has 21 heavy (non-hydrogen) atoms. The lowest BCUT2D eigenvalue weighted by Gasteiger charge is -2.47. The Hall–Kier alpha value is -2.00. The van der Waals surface area contributed by atoms with Crippen LogP contribution in [0.1, 0.15) is 31.5 Å². The monoisotopic (exact) mass is 287 g/mol. The molecule has 0 radical (unpaired) electrons. The molecule has 2 aliphatic rings. The number of hydrogen-bond donors (Lipinski definition) is 2. The molecule has 3 N–H and O–H groups in total. The minimum Gasteiger partial charge on any atom is -0.420 e. The standard InChI is InChI=1S/C15H21N5O/c1-4-11-12-14(19-18-11)21-13(17)10(7-16)15(12)5-6-20(3)8-9(15)2/h9H,4-6,8,17H2,1-3H3,(H,18,19)/t9-,15+/m0/s1. The molecule has 0 amide bonds. The minimum atomic E-state index is -0.378. The predicted molar refractivity (Wildman–Crippen MR) is 78.4 cm³/mol. The van der Waals surface area contributed by atoms with Crippen LogP contribution in [-0.4, -0.2) is 35.2 Å². The van der Waals surface area contributed by atoms with Crippen LogP contribution in [0.2, 0.25) is 0 Å². The third kappa shape index (κ3) is 1.77. The van der Waals surface area contributed by atoms with Gasteiger partial charge in [0.1, 0.15) is 11.6 Å². The van der Waals surface area contributed by atoms with E-state index in [1.54, 1.807) is 0 Å². The van der Waals surface area contributed by atoms with Crippen molar-refractivity contribution >= 4 is 0 Å². The largest absolute Gasteiger partial charge is 0.420 e. The lowest BCUT2D eigenvalue weighted by Crippen LogP contribution is -2.51. The third-order valence-corrected chi connectivity index (χ3v) is 4.93. The van der Waals surface area contributed by atoms with E-state index in [-0.39, 0.29) is 17.2 Å². The summed E-state index contributed by atoms with van der Waals surface area (Å²) in [6, 6.07) is 2.31. The maximum atomic E-state index is 9.68. The summed E-state index contributed by atoms with van der Waals surface area (Å²) in [6.45, 7) is 6.11. The van der Waals surface area contributed by atoms with Gasteiger partial charge in [0.25, 0.3) is 0 Å². The van der Waals surface area contributed by atoms with Gasteiger partial charge in [-0.2, -0.15) is 5.26 Å². The molecule has 6 heteroatoms. The number of allylic oxidation sites excluding steroid dienone is 1. The Bertz CT molecular complexity index is 641. The minimum absolute atomic E-state index is 0.204. The van der Waals surface area contributed by atoms with Crippen molar-refractivity contribution in [2.45, 2.75) is 32.1 Å². The number of ether oxygens (including phenoxy) is 1. The van der Waals surface area contributed by atoms with Gasteiger partial charge in [-0.1, -0.05) is 13.8 Å². The first kappa shape index (κ1) is 14.0. The van der Waals surface area contributed by atoms with Crippen molar-refractivity contribution < 1.29 is 4.74 Å². The topological polar surface area (TPSA) is 91.0 Å². The van der Waals surface area contributed by atoms with Gasteiger partial charge in [0.05, 0.1) is 0 Å². The molecule has 1 saturated heterocycles. The van der Waals surface area contributed by atoms with Crippen molar-refractivity contribution in [3.05, 3.63) is 22.7 Å². The van der Waals surface area contributed by atoms with E-state index in [2.05, 4.69) is 42.1 Å². The van der Waals surface area contributed by atoms with Gasteiger partial charge in [0.15, 0.2) is 0 Å². The summed E-state index contributed by atoms with van der Waals surface area (Å²) in [5, 5.41) is 17.0. The summed E-state index contributed by atoms with van der Waals surface area (Å²) in [6.07, 6.45) is 1.69. The highest BCUT2D eigenvalue weighted by molar-refractivity contribution is 5.55. The summed E-state index contributed by atoms with van der Waals surface area (Å²) in [4.78, 5) is 2.29. The van der Waals surface area contributed by atoms with Gasteiger partial charge >= 0.3 is 0 Å². The zero-order valence-electron chi connectivity index (χ0n) is 12.7. The van der Waals surface area contributed by atoms with E-state index < -0.39 is 0 Å². The van der Waals surface area contributed by atoms with Gasteiger partial charge in [-0.15, -0.1) is 5.10 Å². The molecule has 0 saturated carbocycles. The van der Waals surface area contributed by atoms with Crippen LogP contribution in [0.5, 0.6) is 5.88 Å². The average molecular weight is 287 g/mol. The molecule has 1 fully saturated rings. The van der Waals surface area contributed by atoms with Crippen molar-refractivity contribution in [3.8, 4) is 11.9 Å². The van der Waals surface area contributed by atoms with E-state index in [0.29, 0.717) is 11.5 Å². The second kappa shape index (κ2) is 4.78. The van der Waals surface area contributed by atoms with Gasteiger partial charge in [-0.25, -0.2) is 0 Å². The molecule has 2 atom stereocenters. The smallest absolute Gasteiger partial charge is 0.244 e. The fourth-order valence-electron chi connectivity index (χ4n) is 3.87. The van der Waals surface area contributed by atoms with E-state index >= 15 is 0 Å². The first-order valence-electron chi connectivity index (χ1n) is 7.39. The van der Waals surface area contributed by atoms with Crippen molar-refractivity contribution in [2.75, 3.05) is 20.1 Å². The van der Waals surface area contributed by atoms with Crippen molar-refractivity contribution in [2.24, 2.45) is 11.7 Å². The summed E-state index contributed by atoms with van der Waals surface area (Å²) >= 11 is 0. The number of aryl methyl sites for hydroxylation is 1. The van der Waals surface area contributed by atoms with Crippen molar-refractivity contribution in [3.63, 3.8) is 0 Å². The fourth-order valence-corrected chi connectivity index (χ4v) is 3.87. The molecule has 2 aliphatic heterocycles. The number of likely N-dealkylation sites (tertiary alicyclic amines) is 1. The van der Waals surface area contributed by atoms with Crippen LogP contribution in [0.15, 0.2) is 11.5 Å². The molecule has 3 rings (SSSR count). The molecule has 6 nitrogen and oxygen atoms in total. The van der Waals surface area contributed by atoms with Crippen LogP contribution < -0.4 is 10.5 Å². The molecule has 3 heterocycles. The number of fused-ring (bicyclic) bond motifs is 2. The summed E-state index contributed by atoms with van der Waals surface area (Å²) in [7, 11) is 2.11. The molecular formula is C15H21N5O. The van der Waals surface area contributed by atoms with Gasteiger partial charge in [-0.3, -0.25) is 5.10 Å². The van der Waals surface area contributed by atoms with E-state index in [9.17, 15) is 5.26 Å². The van der Waals surface area contributed by atoms with Crippen molar-refractivity contribution in [1.82, 2.24) is 15.1 Å². The Labute approximate surface area is 124 Å². The van der Waals surface area contributed by atoms with Crippen LogP contribution in [0, 0.1) is 17.2 Å². The second-order valence-electron chi connectivity index (χ2n) is 6.07. The molecule has 1 spiro atoms. The third-order valence-electron chi connectivity index (χ3n) is 4.93. The lowest BCUT2D eigenvalue weighted by molar-refractivity contribution is 0.135. The molecular weight excluding hydrogens is 266 g/mol. The lowest BCUT2D eigenvalue weighted by atomic mass is 9.61. The summed E-state index contributed by atoms with van der Waals surface area (Å²) < 4.78 is 5.60. The van der Waals surface area contributed by atoms with Crippen LogP contribution in [0.4, 0.5) is 0 Å². The summed E-state index contributed by atoms with van der Waals surface area (Å²) in [5.74, 6) is 1.02. The highest BCUT2D eigenvalue weighted by atomic mass is 16.5. The maximum absolute atomic E-state index is 9.68. The van der Waals surface area contributed by atoms with Crippen LogP contribution in [-0.2, 0) is 11.8 Å². The first-order valence-corrected chi connectivity index (χ1v) is 7.39. The van der Waals surface area contributed by atoms with Gasteiger partial charge in [0.2, 0.25) is 11.8 Å². The Morgan fingerprint density at radius 3 is 3.00 bits per heavy atom. The molecule has 1 aromatic heterocycles. The van der Waals surface area contributed by atoms with Crippen LogP contribution >= 0.6 is 0 Å². The SMILES string of the molecule is CCc1[nH]nc2c1[C@@]1(CCN(C)C[C@@H]1C)C(C#N)=C(N)O2. The van der Waals surface area contributed by atoms with E-state index in [4.69, 9.17) is 10.5 Å². The fraction of sp³-hybridized carbons (Fsp3) is 0.600. The quantitative estimate of drug-likeness (QED) is 0.811. The normalized spacial score (nSPS) is 29.1. The number of hydrogen-bond acceptors (Lipinski definition) is 5. The number of nitrogens with zero attached hydrogens (tertiary/aromatic N) is 3. The Kier molecular flexibility index (Phi) is 3.18. The number of nitrogens with one attached hydrogen (secondary N) is 1. The number of aromatic nitrogens is 2. The number of nitriles is 1. The molecule has 0 unspecified atom stereocenters. The molecule has 0 bridgehead atoms. The number of piperidine rings is 1. The molecule has 0 aliphatic carbocycles. The van der Waals surface area contributed by atoms with E-state index in [0.717, 1.165) is 37.2 Å². The zero-order chi connectivity index (χ0) is 15.2. The van der Waals surface area contributed by atoms with Crippen molar-refractivity contribution in [1.29, 1.82) is 5.26 Å². The van der Waals surface area contributed by atoms with E-state index in [1.165, 1.54) is 0 Å². The van der Waals surface area contributed by atoms with Crippen LogP contribution in [0.3, 0.4) is 0 Å². The van der Waals surface area contributed by atoms with Gasteiger partial charge in [0, 0.05) is 23.2 Å². The molecule has 1 aromatic rings. The van der Waals surface area contributed by atoms with E-state index in [1.807, 2.05) is 0 Å². The maximum Gasteiger partial charge on any atom is 0.244 e. The number of H-pyrrole nitrogens is 1. The van der Waals surface area contributed by atoms with Crippen LogP contribution in [0.25, 0.3) is 0 Å².